The van der Waals surface area contributed by atoms with Gasteiger partial charge in [0, 0.05) is 12.6 Å². The first-order valence-corrected chi connectivity index (χ1v) is 7.52. The lowest BCUT2D eigenvalue weighted by atomic mass is 9.92. The lowest BCUT2D eigenvalue weighted by Crippen LogP contribution is -2.43. The van der Waals surface area contributed by atoms with Crippen LogP contribution in [0.1, 0.15) is 37.0 Å². The van der Waals surface area contributed by atoms with E-state index in [2.05, 4.69) is 51.2 Å². The van der Waals surface area contributed by atoms with Gasteiger partial charge in [-0.05, 0) is 44.7 Å². The van der Waals surface area contributed by atoms with Crippen molar-refractivity contribution in [3.05, 3.63) is 34.9 Å². The summed E-state index contributed by atoms with van der Waals surface area (Å²) >= 11 is 0. The first-order valence-electron chi connectivity index (χ1n) is 7.52. The van der Waals surface area contributed by atoms with Crippen molar-refractivity contribution in [2.45, 2.75) is 52.7 Å². The van der Waals surface area contributed by atoms with Crippen molar-refractivity contribution in [1.82, 2.24) is 5.32 Å². The normalized spacial score (nSPS) is 24.6. The average molecular weight is 261 g/mol. The van der Waals surface area contributed by atoms with E-state index >= 15 is 0 Å². The number of ether oxygens (including phenoxy) is 1. The van der Waals surface area contributed by atoms with Gasteiger partial charge in [0.1, 0.15) is 0 Å². The highest BCUT2D eigenvalue weighted by Crippen LogP contribution is 2.25. The Hall–Kier alpha value is -0.860. The predicted octanol–water partition coefficient (Wildman–Crippen LogP) is 3.25. The third-order valence-electron chi connectivity index (χ3n) is 4.04. The van der Waals surface area contributed by atoms with Gasteiger partial charge in [-0.2, -0.15) is 0 Å². The maximum atomic E-state index is 5.95. The largest absolute Gasteiger partial charge is 0.376 e. The molecule has 1 fully saturated rings. The Morgan fingerprint density at radius 3 is 2.47 bits per heavy atom. The Kier molecular flexibility index (Phi) is 5.00. The average Bonchev–Trinajstić information content (AvgIpc) is 2.73. The van der Waals surface area contributed by atoms with E-state index in [1.165, 1.54) is 23.1 Å². The first-order chi connectivity index (χ1) is 9.10. The third kappa shape index (κ3) is 3.80. The Labute approximate surface area is 117 Å². The molecule has 0 aliphatic carbocycles. The quantitative estimate of drug-likeness (QED) is 0.878. The SMILES string of the molecule is CCNC(Cc1cc(C)cc(C)c1)C1OCCC1C. The molecular weight excluding hydrogens is 234 g/mol. The third-order valence-corrected chi connectivity index (χ3v) is 4.04. The second-order valence-electron chi connectivity index (χ2n) is 5.97. The summed E-state index contributed by atoms with van der Waals surface area (Å²) in [6, 6.07) is 7.28. The number of hydrogen-bond donors (Lipinski definition) is 1. The van der Waals surface area contributed by atoms with E-state index in [1.54, 1.807) is 0 Å². The van der Waals surface area contributed by atoms with Crippen molar-refractivity contribution in [1.29, 1.82) is 0 Å². The molecule has 0 radical (unpaired) electrons. The molecule has 1 aromatic carbocycles. The number of likely N-dealkylation sites (N-methyl/N-ethyl adjacent to an activating group) is 1. The molecule has 0 bridgehead atoms. The fourth-order valence-electron chi connectivity index (χ4n) is 3.24. The molecule has 0 saturated carbocycles. The molecule has 3 unspecified atom stereocenters. The van der Waals surface area contributed by atoms with Crippen molar-refractivity contribution >= 4 is 0 Å². The van der Waals surface area contributed by atoms with Crippen molar-refractivity contribution in [2.24, 2.45) is 5.92 Å². The molecule has 106 valence electrons. The molecule has 1 saturated heterocycles. The van der Waals surface area contributed by atoms with Gasteiger partial charge in [-0.1, -0.05) is 43.2 Å². The highest BCUT2D eigenvalue weighted by molar-refractivity contribution is 5.29. The van der Waals surface area contributed by atoms with Crippen LogP contribution in [0.4, 0.5) is 0 Å². The zero-order chi connectivity index (χ0) is 13.8. The lowest BCUT2D eigenvalue weighted by Gasteiger charge is -2.27. The molecule has 1 aliphatic rings. The van der Waals surface area contributed by atoms with E-state index in [1.807, 2.05) is 0 Å². The molecule has 2 nitrogen and oxygen atoms in total. The summed E-state index contributed by atoms with van der Waals surface area (Å²) in [5, 5.41) is 3.62. The van der Waals surface area contributed by atoms with Crippen LogP contribution in [0.5, 0.6) is 0 Å². The second kappa shape index (κ2) is 6.53. The van der Waals surface area contributed by atoms with Gasteiger partial charge in [-0.25, -0.2) is 0 Å². The molecule has 1 aliphatic heterocycles. The van der Waals surface area contributed by atoms with E-state index in [4.69, 9.17) is 4.74 Å². The lowest BCUT2D eigenvalue weighted by molar-refractivity contribution is 0.0615. The van der Waals surface area contributed by atoms with Crippen LogP contribution in [-0.4, -0.2) is 25.3 Å². The van der Waals surface area contributed by atoms with Crippen LogP contribution in [0.15, 0.2) is 18.2 Å². The van der Waals surface area contributed by atoms with E-state index in [0.717, 1.165) is 19.6 Å². The Morgan fingerprint density at radius 2 is 1.95 bits per heavy atom. The number of aryl methyl sites for hydroxylation is 2. The number of nitrogens with one attached hydrogen (secondary N) is 1. The fourth-order valence-corrected chi connectivity index (χ4v) is 3.24. The molecule has 3 atom stereocenters. The van der Waals surface area contributed by atoms with Gasteiger partial charge in [0.05, 0.1) is 6.10 Å². The van der Waals surface area contributed by atoms with Crippen LogP contribution >= 0.6 is 0 Å². The maximum absolute atomic E-state index is 5.95. The van der Waals surface area contributed by atoms with Gasteiger partial charge >= 0.3 is 0 Å². The predicted molar refractivity (Wildman–Crippen MR) is 80.6 cm³/mol. The van der Waals surface area contributed by atoms with Gasteiger partial charge in [0.2, 0.25) is 0 Å². The van der Waals surface area contributed by atoms with Crippen LogP contribution in [0.25, 0.3) is 0 Å². The van der Waals surface area contributed by atoms with Gasteiger partial charge in [-0.15, -0.1) is 0 Å². The summed E-state index contributed by atoms with van der Waals surface area (Å²) in [5.74, 6) is 0.662. The first kappa shape index (κ1) is 14.5. The molecule has 2 rings (SSSR count). The fraction of sp³-hybridized carbons (Fsp3) is 0.647. The minimum atomic E-state index is 0.362. The van der Waals surface area contributed by atoms with Crippen LogP contribution in [0.3, 0.4) is 0 Å². The number of rotatable bonds is 5. The smallest absolute Gasteiger partial charge is 0.0757 e. The highest BCUT2D eigenvalue weighted by atomic mass is 16.5. The van der Waals surface area contributed by atoms with E-state index < -0.39 is 0 Å². The second-order valence-corrected chi connectivity index (χ2v) is 5.97. The maximum Gasteiger partial charge on any atom is 0.0757 e. The minimum Gasteiger partial charge on any atom is -0.376 e. The van der Waals surface area contributed by atoms with E-state index in [0.29, 0.717) is 18.1 Å². The molecular formula is C17H27NO. The summed E-state index contributed by atoms with van der Waals surface area (Å²) in [7, 11) is 0. The van der Waals surface area contributed by atoms with E-state index in [9.17, 15) is 0 Å². The minimum absolute atomic E-state index is 0.362. The highest BCUT2D eigenvalue weighted by Gasteiger charge is 2.31. The summed E-state index contributed by atoms with van der Waals surface area (Å²) < 4.78 is 5.95. The number of hydrogen-bond acceptors (Lipinski definition) is 2. The topological polar surface area (TPSA) is 21.3 Å². The molecule has 1 N–H and O–H groups in total. The molecule has 0 aromatic heterocycles. The summed E-state index contributed by atoms with van der Waals surface area (Å²) in [5.41, 5.74) is 4.13. The van der Waals surface area contributed by atoms with Crippen LogP contribution < -0.4 is 5.32 Å². The molecule has 1 aromatic rings. The zero-order valence-corrected chi connectivity index (χ0v) is 12.7. The Morgan fingerprint density at radius 1 is 1.26 bits per heavy atom. The van der Waals surface area contributed by atoms with Crippen molar-refractivity contribution < 1.29 is 4.74 Å². The van der Waals surface area contributed by atoms with Crippen LogP contribution in [0.2, 0.25) is 0 Å². The monoisotopic (exact) mass is 261 g/mol. The van der Waals surface area contributed by atoms with Crippen LogP contribution in [0, 0.1) is 19.8 Å². The Bertz CT molecular complexity index is 395. The zero-order valence-electron chi connectivity index (χ0n) is 12.7. The van der Waals surface area contributed by atoms with Crippen molar-refractivity contribution in [3.63, 3.8) is 0 Å². The number of benzene rings is 1. The van der Waals surface area contributed by atoms with Gasteiger partial charge in [0.25, 0.3) is 0 Å². The summed E-state index contributed by atoms with van der Waals surface area (Å²) in [6.07, 6.45) is 2.62. The van der Waals surface area contributed by atoms with E-state index in [-0.39, 0.29) is 0 Å². The molecule has 19 heavy (non-hydrogen) atoms. The molecule has 0 amide bonds. The molecule has 1 heterocycles. The van der Waals surface area contributed by atoms with Gasteiger partial charge < -0.3 is 10.1 Å². The van der Waals surface area contributed by atoms with Gasteiger partial charge in [-0.3, -0.25) is 0 Å². The Balaban J connectivity index is 2.11. The van der Waals surface area contributed by atoms with Gasteiger partial charge in [0.15, 0.2) is 0 Å². The molecule has 0 spiro atoms. The standard InChI is InChI=1S/C17H27NO/c1-5-18-16(17-14(4)6-7-19-17)11-15-9-12(2)8-13(3)10-15/h8-10,14,16-18H,5-7,11H2,1-4H3. The summed E-state index contributed by atoms with van der Waals surface area (Å²) in [6.45, 7) is 10.8. The van der Waals surface area contributed by atoms with Crippen molar-refractivity contribution in [3.8, 4) is 0 Å². The molecule has 2 heteroatoms. The van der Waals surface area contributed by atoms with Crippen molar-refractivity contribution in [2.75, 3.05) is 13.2 Å². The van der Waals surface area contributed by atoms with Crippen LogP contribution in [-0.2, 0) is 11.2 Å². The summed E-state index contributed by atoms with van der Waals surface area (Å²) in [4.78, 5) is 0.